The molecular weight excluding hydrogens is 376 g/mol. The van der Waals surface area contributed by atoms with Crippen LogP contribution in [-0.2, 0) is 9.47 Å². The lowest BCUT2D eigenvalue weighted by molar-refractivity contribution is -0.0721. The number of nitrogens with one attached hydrogen (secondary N) is 1. The monoisotopic (exact) mass is 422 g/mol. The number of piperidine rings is 2. The van der Waals surface area contributed by atoms with Crippen molar-refractivity contribution < 1.29 is 9.47 Å². The molecule has 6 heteroatoms. The zero-order valence-corrected chi connectivity index (χ0v) is 19.6. The van der Waals surface area contributed by atoms with Gasteiger partial charge in [0, 0.05) is 38.8 Å². The fourth-order valence-electron chi connectivity index (χ4n) is 4.94. The molecule has 3 rings (SSSR count). The number of aliphatic imine (C=N–C) groups is 1. The molecule has 0 aliphatic carbocycles. The molecular formula is C24H46N4O2. The second kappa shape index (κ2) is 13.5. The summed E-state index contributed by atoms with van der Waals surface area (Å²) < 4.78 is 12.0. The molecule has 2 unspecified atom stereocenters. The highest BCUT2D eigenvalue weighted by Crippen LogP contribution is 2.19. The number of hydrogen-bond donors (Lipinski definition) is 1. The van der Waals surface area contributed by atoms with Gasteiger partial charge in [-0.1, -0.05) is 6.42 Å². The first-order chi connectivity index (χ1) is 14.8. The summed E-state index contributed by atoms with van der Waals surface area (Å²) in [4.78, 5) is 10.0. The molecule has 0 aromatic rings. The average molecular weight is 423 g/mol. The first-order valence-electron chi connectivity index (χ1n) is 12.8. The minimum atomic E-state index is 0.323. The molecule has 1 N–H and O–H groups in total. The van der Waals surface area contributed by atoms with Gasteiger partial charge in [0.1, 0.15) is 0 Å². The van der Waals surface area contributed by atoms with E-state index in [1.807, 2.05) is 0 Å². The SMILES string of the molecule is CCNC(=NCCCCN1CCCCC1C)N1CCC(OCC2CCCCO2)CC1. The normalized spacial score (nSPS) is 27.4. The van der Waals surface area contributed by atoms with E-state index >= 15 is 0 Å². The van der Waals surface area contributed by atoms with Crippen LogP contribution in [0.25, 0.3) is 0 Å². The van der Waals surface area contributed by atoms with E-state index in [9.17, 15) is 0 Å². The summed E-state index contributed by atoms with van der Waals surface area (Å²) in [6.45, 7) is 12.7. The van der Waals surface area contributed by atoms with Gasteiger partial charge in [-0.3, -0.25) is 4.99 Å². The summed E-state index contributed by atoms with van der Waals surface area (Å²) >= 11 is 0. The Labute approximate surface area is 184 Å². The highest BCUT2D eigenvalue weighted by molar-refractivity contribution is 5.80. The molecule has 0 saturated carbocycles. The Bertz CT molecular complexity index is 488. The lowest BCUT2D eigenvalue weighted by Gasteiger charge is -2.35. The van der Waals surface area contributed by atoms with Gasteiger partial charge in [0.15, 0.2) is 5.96 Å². The Hall–Kier alpha value is -0.850. The first-order valence-corrected chi connectivity index (χ1v) is 12.8. The molecule has 3 fully saturated rings. The maximum atomic E-state index is 6.17. The van der Waals surface area contributed by atoms with Crippen LogP contribution in [0.15, 0.2) is 4.99 Å². The Morgan fingerprint density at radius 3 is 2.60 bits per heavy atom. The van der Waals surface area contributed by atoms with Gasteiger partial charge in [0.05, 0.1) is 18.8 Å². The van der Waals surface area contributed by atoms with E-state index in [0.29, 0.717) is 12.2 Å². The summed E-state index contributed by atoms with van der Waals surface area (Å²) in [6, 6.07) is 0.771. The van der Waals surface area contributed by atoms with Crippen molar-refractivity contribution in [2.24, 2.45) is 4.99 Å². The topological polar surface area (TPSA) is 49.3 Å². The molecule has 174 valence electrons. The number of likely N-dealkylation sites (tertiary alicyclic amines) is 2. The minimum absolute atomic E-state index is 0.323. The molecule has 3 saturated heterocycles. The smallest absolute Gasteiger partial charge is 0.193 e. The molecule has 3 aliphatic rings. The lowest BCUT2D eigenvalue weighted by atomic mass is 10.0. The van der Waals surface area contributed by atoms with Crippen LogP contribution in [0, 0.1) is 0 Å². The Kier molecular flexibility index (Phi) is 10.7. The zero-order valence-electron chi connectivity index (χ0n) is 19.6. The van der Waals surface area contributed by atoms with Crippen LogP contribution in [0.1, 0.15) is 78.1 Å². The van der Waals surface area contributed by atoms with Crippen molar-refractivity contribution >= 4 is 5.96 Å². The number of ether oxygens (including phenoxy) is 2. The quantitative estimate of drug-likeness (QED) is 0.349. The second-order valence-corrected chi connectivity index (χ2v) is 9.33. The number of nitrogens with zero attached hydrogens (tertiary/aromatic N) is 3. The Morgan fingerprint density at radius 1 is 1.03 bits per heavy atom. The zero-order chi connectivity index (χ0) is 21.0. The predicted octanol–water partition coefficient (Wildman–Crippen LogP) is 3.66. The van der Waals surface area contributed by atoms with Crippen LogP contribution in [0.4, 0.5) is 0 Å². The summed E-state index contributed by atoms with van der Waals surface area (Å²) in [7, 11) is 0. The maximum Gasteiger partial charge on any atom is 0.193 e. The summed E-state index contributed by atoms with van der Waals surface area (Å²) in [5.41, 5.74) is 0. The van der Waals surface area contributed by atoms with Crippen molar-refractivity contribution in [3.05, 3.63) is 0 Å². The molecule has 0 spiro atoms. The van der Waals surface area contributed by atoms with E-state index in [0.717, 1.165) is 70.7 Å². The molecule has 2 atom stereocenters. The van der Waals surface area contributed by atoms with Gasteiger partial charge in [0.2, 0.25) is 0 Å². The number of hydrogen-bond acceptors (Lipinski definition) is 4. The predicted molar refractivity (Wildman–Crippen MR) is 124 cm³/mol. The highest BCUT2D eigenvalue weighted by Gasteiger charge is 2.24. The Balaban J connectivity index is 1.32. The third-order valence-electron chi connectivity index (χ3n) is 6.92. The third kappa shape index (κ3) is 8.01. The van der Waals surface area contributed by atoms with Gasteiger partial charge >= 0.3 is 0 Å². The van der Waals surface area contributed by atoms with E-state index in [4.69, 9.17) is 14.5 Å². The van der Waals surface area contributed by atoms with Crippen LogP contribution >= 0.6 is 0 Å². The van der Waals surface area contributed by atoms with Gasteiger partial charge in [0.25, 0.3) is 0 Å². The molecule has 0 aromatic heterocycles. The molecule has 6 nitrogen and oxygen atoms in total. The molecule has 3 aliphatic heterocycles. The maximum absolute atomic E-state index is 6.17. The van der Waals surface area contributed by atoms with Gasteiger partial charge in [-0.05, 0) is 84.7 Å². The van der Waals surface area contributed by atoms with Gasteiger partial charge in [-0.25, -0.2) is 0 Å². The van der Waals surface area contributed by atoms with Crippen molar-refractivity contribution in [1.29, 1.82) is 0 Å². The van der Waals surface area contributed by atoms with Crippen molar-refractivity contribution in [1.82, 2.24) is 15.1 Å². The third-order valence-corrected chi connectivity index (χ3v) is 6.92. The molecule has 0 bridgehead atoms. The van der Waals surface area contributed by atoms with E-state index < -0.39 is 0 Å². The molecule has 3 heterocycles. The van der Waals surface area contributed by atoms with Crippen molar-refractivity contribution in [2.45, 2.75) is 96.3 Å². The van der Waals surface area contributed by atoms with E-state index in [-0.39, 0.29) is 0 Å². The second-order valence-electron chi connectivity index (χ2n) is 9.33. The molecule has 0 amide bonds. The van der Waals surface area contributed by atoms with Gasteiger partial charge in [-0.15, -0.1) is 0 Å². The Morgan fingerprint density at radius 2 is 1.87 bits per heavy atom. The van der Waals surface area contributed by atoms with Crippen LogP contribution in [0.2, 0.25) is 0 Å². The van der Waals surface area contributed by atoms with Gasteiger partial charge in [-0.2, -0.15) is 0 Å². The summed E-state index contributed by atoms with van der Waals surface area (Å²) in [5, 5.41) is 3.50. The first kappa shape index (κ1) is 23.8. The van der Waals surface area contributed by atoms with Crippen LogP contribution in [-0.4, -0.2) is 86.5 Å². The average Bonchev–Trinajstić information content (AvgIpc) is 2.79. The largest absolute Gasteiger partial charge is 0.376 e. The molecule has 0 radical (unpaired) electrons. The highest BCUT2D eigenvalue weighted by atomic mass is 16.5. The van der Waals surface area contributed by atoms with E-state index in [1.165, 1.54) is 58.0 Å². The van der Waals surface area contributed by atoms with E-state index in [1.54, 1.807) is 0 Å². The summed E-state index contributed by atoms with van der Waals surface area (Å²) in [6.07, 6.45) is 13.1. The van der Waals surface area contributed by atoms with Crippen molar-refractivity contribution in [2.75, 3.05) is 52.5 Å². The van der Waals surface area contributed by atoms with Crippen molar-refractivity contribution in [3.63, 3.8) is 0 Å². The van der Waals surface area contributed by atoms with Crippen molar-refractivity contribution in [3.8, 4) is 0 Å². The standard InChI is InChI=1S/C24H46N4O2/c1-3-25-24(26-14-6-8-16-27-15-7-4-10-21(27)2)28-17-12-22(13-18-28)30-20-23-11-5-9-19-29-23/h21-23H,3-20H2,1-2H3,(H,25,26). The lowest BCUT2D eigenvalue weighted by Crippen LogP contribution is -2.47. The number of unbranched alkanes of at least 4 members (excludes halogenated alkanes) is 1. The van der Waals surface area contributed by atoms with Crippen LogP contribution < -0.4 is 5.32 Å². The van der Waals surface area contributed by atoms with Gasteiger partial charge < -0.3 is 24.6 Å². The van der Waals surface area contributed by atoms with E-state index in [2.05, 4.69) is 29.0 Å². The fourth-order valence-corrected chi connectivity index (χ4v) is 4.94. The number of rotatable bonds is 9. The molecule has 0 aromatic carbocycles. The summed E-state index contributed by atoms with van der Waals surface area (Å²) in [5.74, 6) is 1.10. The number of guanidine groups is 1. The van der Waals surface area contributed by atoms with Crippen LogP contribution in [0.3, 0.4) is 0 Å². The molecule has 30 heavy (non-hydrogen) atoms. The fraction of sp³-hybridized carbons (Fsp3) is 0.958. The minimum Gasteiger partial charge on any atom is -0.376 e. The van der Waals surface area contributed by atoms with Crippen LogP contribution in [0.5, 0.6) is 0 Å².